The van der Waals surface area contributed by atoms with E-state index in [0.717, 1.165) is 43.7 Å². The van der Waals surface area contributed by atoms with Gasteiger partial charge in [-0.3, -0.25) is 4.79 Å². The van der Waals surface area contributed by atoms with Crippen molar-refractivity contribution in [3.8, 4) is 0 Å². The molecule has 0 saturated carbocycles. The number of benzene rings is 1. The molecule has 0 atom stereocenters. The second kappa shape index (κ2) is 9.21. The number of nitrogens with zero attached hydrogens (tertiary/aromatic N) is 2. The van der Waals surface area contributed by atoms with E-state index in [1.165, 1.54) is 10.9 Å². The van der Waals surface area contributed by atoms with E-state index < -0.39 is 0 Å². The van der Waals surface area contributed by atoms with Gasteiger partial charge in [0.15, 0.2) is 0 Å². The lowest BCUT2D eigenvalue weighted by Gasteiger charge is -2.22. The van der Waals surface area contributed by atoms with Crippen LogP contribution in [0.25, 0.3) is 10.9 Å². The van der Waals surface area contributed by atoms with Gasteiger partial charge in [0.25, 0.3) is 5.91 Å². The van der Waals surface area contributed by atoms with Crippen LogP contribution < -0.4 is 10.2 Å². The minimum atomic E-state index is -0.0774. The number of hydrogen-bond donors (Lipinski definition) is 2. The molecule has 3 rings (SSSR count). The van der Waals surface area contributed by atoms with Crippen LogP contribution in [0.2, 0.25) is 0 Å². The Hall–Kier alpha value is -2.82. The lowest BCUT2D eigenvalue weighted by molar-refractivity contribution is 0.0954. The Kier molecular flexibility index (Phi) is 6.47. The van der Waals surface area contributed by atoms with Gasteiger partial charge < -0.3 is 15.2 Å². The van der Waals surface area contributed by atoms with E-state index in [2.05, 4.69) is 46.2 Å². The van der Waals surface area contributed by atoms with Crippen LogP contribution in [0.4, 0.5) is 5.82 Å². The molecule has 27 heavy (non-hydrogen) atoms. The van der Waals surface area contributed by atoms with E-state index in [0.29, 0.717) is 12.1 Å². The van der Waals surface area contributed by atoms with Crippen molar-refractivity contribution in [2.75, 3.05) is 24.5 Å². The summed E-state index contributed by atoms with van der Waals surface area (Å²) in [6.07, 6.45) is 6.65. The number of aromatic nitrogens is 2. The van der Waals surface area contributed by atoms with Gasteiger partial charge in [-0.1, -0.05) is 32.0 Å². The number of hydrogen-bond acceptors (Lipinski definition) is 3. The van der Waals surface area contributed by atoms with Crippen molar-refractivity contribution in [3.05, 3.63) is 59.9 Å². The number of amides is 1. The van der Waals surface area contributed by atoms with Crippen LogP contribution in [0, 0.1) is 0 Å². The Morgan fingerprint density at radius 1 is 1.11 bits per heavy atom. The van der Waals surface area contributed by atoms with E-state index in [1.54, 1.807) is 6.20 Å². The van der Waals surface area contributed by atoms with E-state index >= 15 is 0 Å². The Balaban J connectivity index is 1.56. The molecule has 2 heterocycles. The Bertz CT molecular complexity index is 863. The van der Waals surface area contributed by atoms with Crippen LogP contribution in [-0.4, -0.2) is 35.5 Å². The smallest absolute Gasteiger partial charge is 0.252 e. The molecule has 2 aromatic heterocycles. The zero-order valence-corrected chi connectivity index (χ0v) is 16.2. The van der Waals surface area contributed by atoms with Crippen molar-refractivity contribution in [3.63, 3.8) is 0 Å². The number of fused-ring (bicyclic) bond motifs is 1. The van der Waals surface area contributed by atoms with Crippen LogP contribution in [-0.2, 0) is 6.42 Å². The fourth-order valence-electron chi connectivity index (χ4n) is 3.34. The Labute approximate surface area is 160 Å². The summed E-state index contributed by atoms with van der Waals surface area (Å²) in [6.45, 7) is 6.89. The number of para-hydroxylation sites is 1. The van der Waals surface area contributed by atoms with Crippen LogP contribution in [0.15, 0.2) is 48.8 Å². The van der Waals surface area contributed by atoms with Gasteiger partial charge >= 0.3 is 0 Å². The first-order valence-corrected chi connectivity index (χ1v) is 9.77. The third-order valence-corrected chi connectivity index (χ3v) is 4.68. The van der Waals surface area contributed by atoms with E-state index in [4.69, 9.17) is 0 Å². The van der Waals surface area contributed by atoms with Crippen LogP contribution in [0.5, 0.6) is 0 Å². The molecule has 0 saturated heterocycles. The molecule has 0 bridgehead atoms. The largest absolute Gasteiger partial charge is 0.361 e. The number of carbonyl (C=O) groups is 1. The minimum absolute atomic E-state index is 0.0774. The Morgan fingerprint density at radius 3 is 2.59 bits per heavy atom. The first kappa shape index (κ1) is 19.0. The highest BCUT2D eigenvalue weighted by Crippen LogP contribution is 2.18. The molecular weight excluding hydrogens is 336 g/mol. The number of anilines is 1. The third-order valence-electron chi connectivity index (χ3n) is 4.68. The van der Waals surface area contributed by atoms with Crippen molar-refractivity contribution in [2.24, 2.45) is 0 Å². The maximum absolute atomic E-state index is 12.4. The van der Waals surface area contributed by atoms with Crippen molar-refractivity contribution < 1.29 is 4.79 Å². The molecule has 0 aliphatic carbocycles. The fraction of sp³-hybridized carbons (Fsp3) is 0.364. The second-order valence-electron chi connectivity index (χ2n) is 6.76. The van der Waals surface area contributed by atoms with Crippen molar-refractivity contribution >= 4 is 22.6 Å². The summed E-state index contributed by atoms with van der Waals surface area (Å²) in [5, 5.41) is 4.21. The number of rotatable bonds is 9. The molecule has 0 fully saturated rings. The van der Waals surface area contributed by atoms with E-state index in [1.807, 2.05) is 30.5 Å². The molecular formula is C22H28N4O. The molecule has 0 aliphatic rings. The van der Waals surface area contributed by atoms with Gasteiger partial charge in [-0.05, 0) is 43.0 Å². The van der Waals surface area contributed by atoms with Gasteiger partial charge in [-0.25, -0.2) is 4.98 Å². The van der Waals surface area contributed by atoms with E-state index in [9.17, 15) is 4.79 Å². The zero-order chi connectivity index (χ0) is 19.1. The first-order valence-electron chi connectivity index (χ1n) is 9.77. The maximum atomic E-state index is 12.4. The monoisotopic (exact) mass is 364 g/mol. The quantitative estimate of drug-likeness (QED) is 0.599. The van der Waals surface area contributed by atoms with Crippen molar-refractivity contribution in [1.29, 1.82) is 0 Å². The lowest BCUT2D eigenvalue weighted by atomic mass is 10.1. The zero-order valence-electron chi connectivity index (χ0n) is 16.2. The molecule has 0 aliphatic heterocycles. The molecule has 0 unspecified atom stereocenters. The van der Waals surface area contributed by atoms with Crippen LogP contribution in [0.3, 0.4) is 0 Å². The second-order valence-corrected chi connectivity index (χ2v) is 6.76. The normalized spacial score (nSPS) is 10.9. The number of aromatic amines is 1. The summed E-state index contributed by atoms with van der Waals surface area (Å²) in [6, 6.07) is 12.0. The molecule has 1 aromatic carbocycles. The average Bonchev–Trinajstić information content (AvgIpc) is 3.11. The minimum Gasteiger partial charge on any atom is -0.361 e. The standard InChI is InChI=1S/C22H28N4O/c1-3-13-26(14-4-2)21-10-9-18(16-25-21)22(27)23-12-11-17-15-24-20-8-6-5-7-19(17)20/h5-10,15-16,24H,3-4,11-14H2,1-2H3,(H,23,27). The highest BCUT2D eigenvalue weighted by Gasteiger charge is 2.10. The summed E-state index contributed by atoms with van der Waals surface area (Å²) < 4.78 is 0. The van der Waals surface area contributed by atoms with Gasteiger partial charge in [-0.2, -0.15) is 0 Å². The van der Waals surface area contributed by atoms with Crippen LogP contribution in [0.1, 0.15) is 42.6 Å². The van der Waals surface area contributed by atoms with E-state index in [-0.39, 0.29) is 5.91 Å². The number of carbonyl (C=O) groups excluding carboxylic acids is 1. The van der Waals surface area contributed by atoms with Gasteiger partial charge in [0, 0.05) is 42.9 Å². The number of pyridine rings is 1. The van der Waals surface area contributed by atoms with Crippen molar-refractivity contribution in [2.45, 2.75) is 33.1 Å². The Morgan fingerprint density at radius 2 is 1.89 bits per heavy atom. The third kappa shape index (κ3) is 4.67. The van der Waals surface area contributed by atoms with Crippen molar-refractivity contribution in [1.82, 2.24) is 15.3 Å². The first-order chi connectivity index (χ1) is 13.2. The molecule has 0 radical (unpaired) electrons. The number of nitrogens with one attached hydrogen (secondary N) is 2. The molecule has 0 spiro atoms. The predicted octanol–water partition coefficient (Wildman–Crippen LogP) is 4.16. The lowest BCUT2D eigenvalue weighted by Crippen LogP contribution is -2.27. The molecule has 2 N–H and O–H groups in total. The summed E-state index contributed by atoms with van der Waals surface area (Å²) in [4.78, 5) is 22.4. The molecule has 3 aromatic rings. The van der Waals surface area contributed by atoms with Crippen LogP contribution >= 0.6 is 0 Å². The summed E-state index contributed by atoms with van der Waals surface area (Å²) >= 11 is 0. The molecule has 1 amide bonds. The van der Waals surface area contributed by atoms with Gasteiger partial charge in [-0.15, -0.1) is 0 Å². The summed E-state index contributed by atoms with van der Waals surface area (Å²) in [7, 11) is 0. The van der Waals surface area contributed by atoms with Gasteiger partial charge in [0.1, 0.15) is 5.82 Å². The topological polar surface area (TPSA) is 61.0 Å². The molecule has 5 heteroatoms. The summed E-state index contributed by atoms with van der Waals surface area (Å²) in [5.74, 6) is 0.862. The fourth-order valence-corrected chi connectivity index (χ4v) is 3.34. The number of H-pyrrole nitrogens is 1. The highest BCUT2D eigenvalue weighted by molar-refractivity contribution is 5.94. The molecule has 5 nitrogen and oxygen atoms in total. The molecule has 142 valence electrons. The highest BCUT2D eigenvalue weighted by atomic mass is 16.1. The predicted molar refractivity (Wildman–Crippen MR) is 111 cm³/mol. The SMILES string of the molecule is CCCN(CCC)c1ccc(C(=O)NCCc2c[nH]c3ccccc23)cn1. The van der Waals surface area contributed by atoms with Gasteiger partial charge in [0.05, 0.1) is 5.56 Å². The van der Waals surface area contributed by atoms with Gasteiger partial charge in [0.2, 0.25) is 0 Å². The summed E-state index contributed by atoms with van der Waals surface area (Å²) in [5.41, 5.74) is 2.95. The maximum Gasteiger partial charge on any atom is 0.252 e. The average molecular weight is 364 g/mol.